The second-order valence-corrected chi connectivity index (χ2v) is 6.39. The van der Waals surface area contributed by atoms with Crippen molar-refractivity contribution in [3.63, 3.8) is 0 Å². The van der Waals surface area contributed by atoms with Crippen LogP contribution in [0.2, 0.25) is 0 Å². The van der Waals surface area contributed by atoms with E-state index in [4.69, 9.17) is 15.3 Å². The highest BCUT2D eigenvalue weighted by Crippen LogP contribution is 2.26. The zero-order valence-corrected chi connectivity index (χ0v) is 15.3. The molecule has 0 spiro atoms. The van der Waals surface area contributed by atoms with E-state index in [2.05, 4.69) is 20.1 Å². The number of ether oxygens (including phenoxy) is 1. The molecule has 3 rings (SSSR count). The van der Waals surface area contributed by atoms with Crippen molar-refractivity contribution in [2.24, 2.45) is 10.1 Å². The van der Waals surface area contributed by atoms with Crippen LogP contribution in [0.4, 0.5) is 11.4 Å². The maximum Gasteiger partial charge on any atom is 0.219 e. The van der Waals surface area contributed by atoms with Crippen LogP contribution in [-0.4, -0.2) is 22.8 Å². The number of para-hydroxylation sites is 2. The lowest BCUT2D eigenvalue weighted by Gasteiger charge is -2.01. The van der Waals surface area contributed by atoms with Gasteiger partial charge in [-0.2, -0.15) is 0 Å². The number of nitrogen functional groups attached to an aromatic ring is 1. The molecule has 0 fully saturated rings. The van der Waals surface area contributed by atoms with E-state index < -0.39 is 0 Å². The fourth-order valence-corrected chi connectivity index (χ4v) is 2.64. The van der Waals surface area contributed by atoms with Crippen molar-refractivity contribution < 1.29 is 9.57 Å². The molecule has 0 atom stereocenters. The Kier molecular flexibility index (Phi) is 6.37. The number of rotatable bonds is 7. The molecule has 0 saturated carbocycles. The quantitative estimate of drug-likeness (QED) is 0.217. The highest BCUT2D eigenvalue weighted by molar-refractivity contribution is 7.99. The first-order valence-corrected chi connectivity index (χ1v) is 8.80. The van der Waals surface area contributed by atoms with Crippen LogP contribution in [0.15, 0.2) is 81.1 Å². The highest BCUT2D eigenvalue weighted by Gasteiger charge is 2.00. The largest absolute Gasteiger partial charge is 0.440 e. The van der Waals surface area contributed by atoms with Crippen molar-refractivity contribution in [1.82, 2.24) is 9.97 Å². The van der Waals surface area contributed by atoms with Crippen LogP contribution >= 0.6 is 11.8 Å². The van der Waals surface area contributed by atoms with Gasteiger partial charge in [-0.05, 0) is 65.8 Å². The predicted octanol–water partition coefficient (Wildman–Crippen LogP) is 4.22. The van der Waals surface area contributed by atoms with Crippen LogP contribution in [0.3, 0.4) is 0 Å². The fourth-order valence-electron chi connectivity index (χ4n) is 1.94. The smallest absolute Gasteiger partial charge is 0.219 e. The van der Waals surface area contributed by atoms with Crippen LogP contribution in [0.5, 0.6) is 5.75 Å². The summed E-state index contributed by atoms with van der Waals surface area (Å²) >= 11 is 1.48. The second-order valence-electron chi connectivity index (χ2n) is 5.35. The van der Waals surface area contributed by atoms with Gasteiger partial charge in [0.1, 0.15) is 0 Å². The molecule has 7 nitrogen and oxygen atoms in total. The third kappa shape index (κ3) is 5.82. The van der Waals surface area contributed by atoms with Crippen molar-refractivity contribution in [3.05, 3.63) is 66.5 Å². The molecule has 0 radical (unpaired) electrons. The Balaban J connectivity index is 1.47. The lowest BCUT2D eigenvalue weighted by Crippen LogP contribution is -1.95. The molecule has 1 heterocycles. The Bertz CT molecular complexity index is 928. The van der Waals surface area contributed by atoms with Crippen LogP contribution in [0.25, 0.3) is 0 Å². The maximum atomic E-state index is 5.74. The van der Waals surface area contributed by atoms with E-state index >= 15 is 0 Å². The van der Waals surface area contributed by atoms with Crippen LogP contribution in [0, 0.1) is 6.92 Å². The molecule has 0 amide bonds. The van der Waals surface area contributed by atoms with E-state index in [-0.39, 0.29) is 0 Å². The van der Waals surface area contributed by atoms with Gasteiger partial charge in [-0.25, -0.2) is 15.0 Å². The summed E-state index contributed by atoms with van der Waals surface area (Å²) in [5.41, 5.74) is 8.02. The molecule has 2 N–H and O–H groups in total. The molecular formula is C19H17N5O2S. The number of hydrogen-bond acceptors (Lipinski definition) is 8. The van der Waals surface area contributed by atoms with Crippen LogP contribution < -0.4 is 10.5 Å². The molecule has 0 aliphatic rings. The summed E-state index contributed by atoms with van der Waals surface area (Å²) in [6.07, 6.45) is 5.96. The molecule has 0 unspecified atom stereocenters. The van der Waals surface area contributed by atoms with E-state index in [9.17, 15) is 0 Å². The third-order valence-electron chi connectivity index (χ3n) is 3.25. The summed E-state index contributed by atoms with van der Waals surface area (Å²) in [6.45, 7) is 1.95. The monoisotopic (exact) mass is 379 g/mol. The van der Waals surface area contributed by atoms with Crippen molar-refractivity contribution in [2.45, 2.75) is 17.0 Å². The minimum atomic E-state index is 0.507. The van der Waals surface area contributed by atoms with E-state index in [1.165, 1.54) is 18.2 Å². The normalized spacial score (nSPS) is 11.1. The standard InChI is InChI=1S/C19H17N5O2S/c1-14-10-21-19(22-11-14)27-16-8-6-15(7-9-16)23-12-26-24-13-25-18-5-3-2-4-17(18)20/h2-13H,20H2,1H3/b23-12?,24-13+. The zero-order valence-electron chi connectivity index (χ0n) is 14.5. The number of nitrogens with two attached hydrogens (primary N) is 1. The maximum absolute atomic E-state index is 5.74. The first-order valence-electron chi connectivity index (χ1n) is 7.98. The minimum absolute atomic E-state index is 0.507. The summed E-state index contributed by atoms with van der Waals surface area (Å²) in [5.74, 6) is 0.507. The van der Waals surface area contributed by atoms with E-state index in [1.807, 2.05) is 43.3 Å². The lowest BCUT2D eigenvalue weighted by atomic mass is 10.3. The first-order chi connectivity index (χ1) is 13.2. The van der Waals surface area contributed by atoms with Gasteiger partial charge in [-0.1, -0.05) is 12.1 Å². The first kappa shape index (κ1) is 18.4. The Hall–Kier alpha value is -3.39. The van der Waals surface area contributed by atoms with Crippen molar-refractivity contribution in [1.29, 1.82) is 0 Å². The zero-order chi connectivity index (χ0) is 18.9. The van der Waals surface area contributed by atoms with Crippen LogP contribution in [0.1, 0.15) is 5.56 Å². The minimum Gasteiger partial charge on any atom is -0.440 e. The van der Waals surface area contributed by atoms with Gasteiger partial charge in [0.15, 0.2) is 10.9 Å². The molecule has 0 aliphatic heterocycles. The third-order valence-corrected chi connectivity index (χ3v) is 4.16. The summed E-state index contributed by atoms with van der Waals surface area (Å²) in [7, 11) is 0. The Labute approximate surface area is 161 Å². The average Bonchev–Trinajstić information content (AvgIpc) is 2.69. The predicted molar refractivity (Wildman–Crippen MR) is 107 cm³/mol. The lowest BCUT2D eigenvalue weighted by molar-refractivity contribution is 0.335. The molecule has 0 saturated heterocycles. The fraction of sp³-hybridized carbons (Fsp3) is 0.0526. The number of aliphatic imine (C=N–C) groups is 1. The highest BCUT2D eigenvalue weighted by atomic mass is 32.2. The number of hydrogen-bond donors (Lipinski definition) is 1. The molecule has 0 aliphatic carbocycles. The van der Waals surface area contributed by atoms with Gasteiger partial charge in [0, 0.05) is 17.3 Å². The number of aryl methyl sites for hydroxylation is 1. The van der Waals surface area contributed by atoms with Gasteiger partial charge in [0.2, 0.25) is 12.8 Å². The SMILES string of the molecule is Cc1cnc(Sc2ccc(N=CO/N=C/Oc3ccccc3N)cc2)nc1. The number of aromatic nitrogens is 2. The molecule has 136 valence electrons. The number of oxime groups is 1. The Morgan fingerprint density at radius 2 is 1.74 bits per heavy atom. The topological polar surface area (TPSA) is 95.0 Å². The van der Waals surface area contributed by atoms with E-state index in [0.29, 0.717) is 16.6 Å². The van der Waals surface area contributed by atoms with Crippen LogP contribution in [-0.2, 0) is 4.84 Å². The molecule has 8 heteroatoms. The number of benzene rings is 2. The molecule has 2 aromatic carbocycles. The molecule has 27 heavy (non-hydrogen) atoms. The molecule has 1 aromatic heterocycles. The summed E-state index contributed by atoms with van der Waals surface area (Å²) < 4.78 is 5.25. The van der Waals surface area contributed by atoms with Gasteiger partial charge >= 0.3 is 0 Å². The average molecular weight is 379 g/mol. The van der Waals surface area contributed by atoms with Crippen molar-refractivity contribution in [2.75, 3.05) is 5.73 Å². The van der Waals surface area contributed by atoms with Crippen molar-refractivity contribution >= 4 is 35.9 Å². The summed E-state index contributed by atoms with van der Waals surface area (Å²) in [5, 5.41) is 4.33. The molecule has 3 aromatic rings. The summed E-state index contributed by atoms with van der Waals surface area (Å²) in [4.78, 5) is 18.6. The Morgan fingerprint density at radius 3 is 2.48 bits per heavy atom. The van der Waals surface area contributed by atoms with E-state index in [1.54, 1.807) is 24.5 Å². The van der Waals surface area contributed by atoms with E-state index in [0.717, 1.165) is 22.5 Å². The number of anilines is 1. The van der Waals surface area contributed by atoms with Gasteiger partial charge in [0.05, 0.1) is 11.4 Å². The Morgan fingerprint density at radius 1 is 1.00 bits per heavy atom. The van der Waals surface area contributed by atoms with Gasteiger partial charge in [-0.15, -0.1) is 0 Å². The molecular weight excluding hydrogens is 362 g/mol. The molecule has 0 bridgehead atoms. The van der Waals surface area contributed by atoms with Gasteiger partial charge in [-0.3, -0.25) is 0 Å². The second kappa shape index (κ2) is 9.35. The number of nitrogens with zero attached hydrogens (tertiary/aromatic N) is 4. The van der Waals surface area contributed by atoms with Gasteiger partial charge < -0.3 is 15.3 Å². The van der Waals surface area contributed by atoms with Gasteiger partial charge in [0.25, 0.3) is 0 Å². The summed E-state index contributed by atoms with van der Waals surface area (Å²) in [6, 6.07) is 14.7. The van der Waals surface area contributed by atoms with Crippen molar-refractivity contribution in [3.8, 4) is 5.75 Å².